The van der Waals surface area contributed by atoms with Crippen LogP contribution in [0.15, 0.2) is 30.6 Å². The molecule has 2 aromatic heterocycles. The lowest BCUT2D eigenvalue weighted by Crippen LogP contribution is -2.09. The van der Waals surface area contributed by atoms with Crippen molar-refractivity contribution in [2.24, 2.45) is 0 Å². The van der Waals surface area contributed by atoms with Crippen molar-refractivity contribution in [3.05, 3.63) is 42.1 Å². The molecule has 2 rings (SSSR count). The predicted octanol–water partition coefficient (Wildman–Crippen LogP) is 1.55. The van der Waals surface area contributed by atoms with E-state index in [0.717, 1.165) is 30.3 Å². The first-order valence-corrected chi connectivity index (χ1v) is 5.48. The first-order valence-electron chi connectivity index (χ1n) is 5.48. The third-order valence-electron chi connectivity index (χ3n) is 2.43. The lowest BCUT2D eigenvalue weighted by atomic mass is 10.3. The highest BCUT2D eigenvalue weighted by molar-refractivity contribution is 5.26. The van der Waals surface area contributed by atoms with Gasteiger partial charge in [0.2, 0.25) is 0 Å². The fourth-order valence-corrected chi connectivity index (χ4v) is 1.69. The van der Waals surface area contributed by atoms with E-state index in [4.69, 9.17) is 0 Å². The largest absolute Gasteiger partial charge is 0.314 e. The first-order chi connectivity index (χ1) is 7.85. The summed E-state index contributed by atoms with van der Waals surface area (Å²) in [6.07, 6.45) is 4.67. The zero-order valence-electron chi connectivity index (χ0n) is 9.64. The Morgan fingerprint density at radius 2 is 2.25 bits per heavy atom. The van der Waals surface area contributed by atoms with Crippen molar-refractivity contribution < 1.29 is 0 Å². The maximum absolute atomic E-state index is 4.57. The van der Waals surface area contributed by atoms with E-state index >= 15 is 0 Å². The van der Waals surface area contributed by atoms with Crippen LogP contribution in [0.2, 0.25) is 0 Å². The highest BCUT2D eigenvalue weighted by Gasteiger charge is 2.04. The number of aromatic nitrogens is 3. The lowest BCUT2D eigenvalue weighted by Gasteiger charge is -2.07. The number of imidazole rings is 1. The van der Waals surface area contributed by atoms with Gasteiger partial charge < -0.3 is 5.32 Å². The second-order valence-electron chi connectivity index (χ2n) is 3.58. The first kappa shape index (κ1) is 10.8. The lowest BCUT2D eigenvalue weighted by molar-refractivity contribution is 0.777. The second-order valence-corrected chi connectivity index (χ2v) is 3.58. The maximum atomic E-state index is 4.57. The van der Waals surface area contributed by atoms with Crippen LogP contribution >= 0.6 is 0 Å². The number of nitrogens with zero attached hydrogens (tertiary/aromatic N) is 3. The van der Waals surface area contributed by atoms with Crippen molar-refractivity contribution in [2.45, 2.75) is 19.9 Å². The molecule has 0 bridgehead atoms. The summed E-state index contributed by atoms with van der Waals surface area (Å²) in [5.41, 5.74) is 1.04. The van der Waals surface area contributed by atoms with Gasteiger partial charge >= 0.3 is 0 Å². The smallest absolute Gasteiger partial charge is 0.138 e. The third kappa shape index (κ3) is 2.12. The van der Waals surface area contributed by atoms with Crippen LogP contribution in [-0.2, 0) is 13.0 Å². The van der Waals surface area contributed by atoms with E-state index in [9.17, 15) is 0 Å². The van der Waals surface area contributed by atoms with Gasteiger partial charge in [-0.1, -0.05) is 13.0 Å². The van der Waals surface area contributed by atoms with E-state index in [0.29, 0.717) is 0 Å². The van der Waals surface area contributed by atoms with E-state index in [1.54, 1.807) is 0 Å². The van der Waals surface area contributed by atoms with E-state index < -0.39 is 0 Å². The Kier molecular flexibility index (Phi) is 3.31. The van der Waals surface area contributed by atoms with Crippen molar-refractivity contribution in [1.29, 1.82) is 0 Å². The highest BCUT2D eigenvalue weighted by Crippen LogP contribution is 2.09. The molecule has 0 spiro atoms. The number of nitrogens with one attached hydrogen (secondary N) is 1. The fourth-order valence-electron chi connectivity index (χ4n) is 1.69. The van der Waals surface area contributed by atoms with Gasteiger partial charge in [0.1, 0.15) is 11.6 Å². The molecule has 0 amide bonds. The normalized spacial score (nSPS) is 10.6. The second kappa shape index (κ2) is 4.90. The molecule has 0 radical (unpaired) electrons. The number of hydrogen-bond donors (Lipinski definition) is 1. The molecule has 0 aliphatic heterocycles. The molecule has 0 aliphatic rings. The Bertz CT molecular complexity index is 462. The molecule has 1 N–H and O–H groups in total. The Morgan fingerprint density at radius 3 is 3.00 bits per heavy atom. The Balaban J connectivity index is 2.36. The molecule has 0 saturated heterocycles. The van der Waals surface area contributed by atoms with Gasteiger partial charge in [-0.25, -0.2) is 9.97 Å². The summed E-state index contributed by atoms with van der Waals surface area (Å²) in [7, 11) is 1.92. The van der Waals surface area contributed by atoms with E-state index in [1.165, 1.54) is 0 Å². The van der Waals surface area contributed by atoms with Crippen LogP contribution in [0.1, 0.15) is 18.4 Å². The van der Waals surface area contributed by atoms with Crippen LogP contribution in [-0.4, -0.2) is 21.6 Å². The van der Waals surface area contributed by atoms with Crippen LogP contribution in [0.4, 0.5) is 0 Å². The van der Waals surface area contributed by atoms with Gasteiger partial charge in [-0.05, 0) is 19.2 Å². The molecule has 4 heteroatoms. The van der Waals surface area contributed by atoms with Gasteiger partial charge in [0.15, 0.2) is 0 Å². The molecule has 0 aliphatic carbocycles. The van der Waals surface area contributed by atoms with Crippen molar-refractivity contribution in [3.63, 3.8) is 0 Å². The molecule has 0 fully saturated rings. The molecular weight excluding hydrogens is 200 g/mol. The maximum Gasteiger partial charge on any atom is 0.138 e. The van der Waals surface area contributed by atoms with Crippen molar-refractivity contribution in [2.75, 3.05) is 7.05 Å². The average molecular weight is 216 g/mol. The van der Waals surface area contributed by atoms with Crippen LogP contribution in [0, 0.1) is 0 Å². The van der Waals surface area contributed by atoms with Crippen molar-refractivity contribution in [1.82, 2.24) is 19.9 Å². The SMILES string of the molecule is CCc1nccn1-c1cccc(CNC)n1. The minimum absolute atomic E-state index is 0.782. The minimum Gasteiger partial charge on any atom is -0.314 e. The molecule has 16 heavy (non-hydrogen) atoms. The van der Waals surface area contributed by atoms with Crippen LogP contribution in [0.25, 0.3) is 5.82 Å². The summed E-state index contributed by atoms with van der Waals surface area (Å²) in [6, 6.07) is 6.04. The number of rotatable bonds is 4. The van der Waals surface area contributed by atoms with E-state index in [1.807, 2.05) is 42.2 Å². The fraction of sp³-hybridized carbons (Fsp3) is 0.333. The summed E-state index contributed by atoms with van der Waals surface area (Å²) in [5, 5.41) is 3.10. The topological polar surface area (TPSA) is 42.7 Å². The molecule has 2 aromatic rings. The summed E-state index contributed by atoms with van der Waals surface area (Å²) < 4.78 is 2.03. The molecule has 2 heterocycles. The van der Waals surface area contributed by atoms with Gasteiger partial charge in [0, 0.05) is 25.4 Å². The Morgan fingerprint density at radius 1 is 1.38 bits per heavy atom. The molecular formula is C12H16N4. The predicted molar refractivity (Wildman–Crippen MR) is 63.5 cm³/mol. The van der Waals surface area contributed by atoms with Crippen molar-refractivity contribution in [3.8, 4) is 5.82 Å². The average Bonchev–Trinajstić information content (AvgIpc) is 2.78. The van der Waals surface area contributed by atoms with Gasteiger partial charge in [-0.3, -0.25) is 4.57 Å². The molecule has 0 atom stereocenters. The van der Waals surface area contributed by atoms with Gasteiger partial charge in [0.05, 0.1) is 5.69 Å². The number of aryl methyl sites for hydroxylation is 1. The van der Waals surface area contributed by atoms with Crippen LogP contribution in [0.3, 0.4) is 0 Å². The van der Waals surface area contributed by atoms with Crippen LogP contribution in [0.5, 0.6) is 0 Å². The van der Waals surface area contributed by atoms with Crippen molar-refractivity contribution >= 4 is 0 Å². The number of hydrogen-bond acceptors (Lipinski definition) is 3. The van der Waals surface area contributed by atoms with Gasteiger partial charge in [-0.2, -0.15) is 0 Å². The Labute approximate surface area is 95.4 Å². The van der Waals surface area contributed by atoms with E-state index in [2.05, 4.69) is 22.2 Å². The highest BCUT2D eigenvalue weighted by atomic mass is 15.1. The van der Waals surface area contributed by atoms with E-state index in [-0.39, 0.29) is 0 Å². The minimum atomic E-state index is 0.782. The summed E-state index contributed by atoms with van der Waals surface area (Å²) in [6.45, 7) is 2.88. The summed E-state index contributed by atoms with van der Waals surface area (Å²) >= 11 is 0. The zero-order chi connectivity index (χ0) is 11.4. The molecule has 0 unspecified atom stereocenters. The quantitative estimate of drug-likeness (QED) is 0.843. The van der Waals surface area contributed by atoms with Crippen LogP contribution < -0.4 is 5.32 Å². The Hall–Kier alpha value is -1.68. The summed E-state index contributed by atoms with van der Waals surface area (Å²) in [5.74, 6) is 1.97. The molecule has 84 valence electrons. The number of pyridine rings is 1. The molecule has 4 nitrogen and oxygen atoms in total. The van der Waals surface area contributed by atoms with Gasteiger partial charge in [0.25, 0.3) is 0 Å². The zero-order valence-corrected chi connectivity index (χ0v) is 9.64. The standard InChI is InChI=1S/C12H16N4/c1-3-11-14-7-8-16(11)12-6-4-5-10(15-12)9-13-2/h4-8,13H,3,9H2,1-2H3. The van der Waals surface area contributed by atoms with Gasteiger partial charge in [-0.15, -0.1) is 0 Å². The third-order valence-corrected chi connectivity index (χ3v) is 2.43. The molecule has 0 aromatic carbocycles. The molecule has 0 saturated carbocycles. The summed E-state index contributed by atoms with van der Waals surface area (Å²) in [4.78, 5) is 8.87. The monoisotopic (exact) mass is 216 g/mol.